The van der Waals surface area contributed by atoms with Crippen molar-refractivity contribution in [3.63, 3.8) is 0 Å². The summed E-state index contributed by atoms with van der Waals surface area (Å²) in [6.07, 6.45) is 3.41. The van der Waals surface area contributed by atoms with Gasteiger partial charge in [-0.15, -0.1) is 0 Å². The van der Waals surface area contributed by atoms with Gasteiger partial charge in [0.1, 0.15) is 6.10 Å². The molecule has 0 unspecified atom stereocenters. The van der Waals surface area contributed by atoms with Gasteiger partial charge in [0.05, 0.1) is 13.0 Å². The zero-order valence-electron chi connectivity index (χ0n) is 12.8. The molecule has 1 aliphatic rings. The van der Waals surface area contributed by atoms with E-state index in [0.717, 1.165) is 12.8 Å². The molecule has 0 bridgehead atoms. The summed E-state index contributed by atoms with van der Waals surface area (Å²) in [7, 11) is 1.38. The Bertz CT molecular complexity index is 587. The molecule has 1 heterocycles. The number of ether oxygens (including phenoxy) is 2. The molecule has 23 heavy (non-hydrogen) atoms. The number of hydrazine groups is 1. The highest BCUT2D eigenvalue weighted by atomic mass is 16.5. The molecule has 1 amide bonds. The molecule has 0 radical (unpaired) electrons. The molecule has 1 aliphatic carbocycles. The second-order valence-corrected chi connectivity index (χ2v) is 5.35. The summed E-state index contributed by atoms with van der Waals surface area (Å²) in [6.45, 7) is 0. The highest BCUT2D eigenvalue weighted by Gasteiger charge is 2.32. The lowest BCUT2D eigenvalue weighted by Crippen LogP contribution is -2.37. The fourth-order valence-corrected chi connectivity index (χ4v) is 2.53. The number of Topliss-reactive ketones (excluding diaryl/α,β-unsaturated/α-hetero) is 1. The molecule has 1 aromatic heterocycles. The van der Waals surface area contributed by atoms with Crippen molar-refractivity contribution < 1.29 is 23.9 Å². The molecular weight excluding hydrogens is 302 g/mol. The number of methoxy groups -OCH3 is 1. The van der Waals surface area contributed by atoms with Crippen LogP contribution >= 0.6 is 0 Å². The smallest absolute Gasteiger partial charge is 0.308 e. The van der Waals surface area contributed by atoms with Crippen molar-refractivity contribution in [2.75, 3.05) is 7.11 Å². The lowest BCUT2D eigenvalue weighted by atomic mass is 10.1. The van der Waals surface area contributed by atoms with E-state index in [-0.39, 0.29) is 24.4 Å². The van der Waals surface area contributed by atoms with Crippen molar-refractivity contribution in [3.05, 3.63) is 23.9 Å². The van der Waals surface area contributed by atoms with Gasteiger partial charge < -0.3 is 9.47 Å². The third-order valence-electron chi connectivity index (χ3n) is 3.75. The minimum atomic E-state index is -0.842. The van der Waals surface area contributed by atoms with Crippen LogP contribution in [0.4, 0.5) is 0 Å². The van der Waals surface area contributed by atoms with Gasteiger partial charge >= 0.3 is 11.9 Å². The first-order valence-corrected chi connectivity index (χ1v) is 7.26. The zero-order valence-corrected chi connectivity index (χ0v) is 12.8. The summed E-state index contributed by atoms with van der Waals surface area (Å²) in [5, 5.41) is 0. The first-order valence-electron chi connectivity index (χ1n) is 7.26. The van der Waals surface area contributed by atoms with Crippen molar-refractivity contribution in [1.29, 1.82) is 0 Å². The molecule has 8 heteroatoms. The quantitative estimate of drug-likeness (QED) is 0.247. The molecule has 0 spiro atoms. The van der Waals surface area contributed by atoms with Gasteiger partial charge in [0.15, 0.2) is 0 Å². The van der Waals surface area contributed by atoms with Crippen LogP contribution in [-0.4, -0.2) is 35.9 Å². The molecule has 1 fully saturated rings. The number of pyridine rings is 1. The van der Waals surface area contributed by atoms with E-state index < -0.39 is 11.7 Å². The maximum absolute atomic E-state index is 11.5. The third-order valence-corrected chi connectivity index (χ3v) is 3.75. The monoisotopic (exact) mass is 321 g/mol. The van der Waals surface area contributed by atoms with Crippen LogP contribution in [0.3, 0.4) is 0 Å². The average Bonchev–Trinajstić information content (AvgIpc) is 3.03. The van der Waals surface area contributed by atoms with E-state index >= 15 is 0 Å². The lowest BCUT2D eigenvalue weighted by Gasteiger charge is -2.13. The van der Waals surface area contributed by atoms with Crippen LogP contribution in [0.1, 0.15) is 24.8 Å². The Morgan fingerprint density at radius 1 is 1.35 bits per heavy atom. The summed E-state index contributed by atoms with van der Waals surface area (Å²) >= 11 is 0. The van der Waals surface area contributed by atoms with E-state index in [1.807, 2.05) is 0 Å². The lowest BCUT2D eigenvalue weighted by molar-refractivity contribution is -0.145. The fourth-order valence-electron chi connectivity index (χ4n) is 2.53. The summed E-state index contributed by atoms with van der Waals surface area (Å²) in [5.41, 5.74) is 2.38. The number of nitrogens with zero attached hydrogens (tertiary/aromatic N) is 1. The molecule has 1 aromatic rings. The summed E-state index contributed by atoms with van der Waals surface area (Å²) in [5.74, 6) is 3.49. The molecular formula is C15H19N3O5. The molecule has 124 valence electrons. The second kappa shape index (κ2) is 7.68. The van der Waals surface area contributed by atoms with Crippen molar-refractivity contribution >= 4 is 17.7 Å². The predicted octanol–water partition coefficient (Wildman–Crippen LogP) is -0.0964. The van der Waals surface area contributed by atoms with Crippen molar-refractivity contribution in [3.8, 4) is 5.88 Å². The Kier molecular flexibility index (Phi) is 5.64. The number of rotatable bonds is 6. The van der Waals surface area contributed by atoms with Crippen molar-refractivity contribution in [2.24, 2.45) is 11.8 Å². The van der Waals surface area contributed by atoms with E-state index in [2.05, 4.69) is 4.98 Å². The number of aromatic nitrogens is 1. The molecule has 1 saturated carbocycles. The van der Waals surface area contributed by atoms with Crippen LogP contribution < -0.4 is 16.0 Å². The van der Waals surface area contributed by atoms with Gasteiger partial charge in [-0.2, -0.15) is 0 Å². The summed E-state index contributed by atoms with van der Waals surface area (Å²) < 4.78 is 10.5. The number of ketones is 1. The van der Waals surface area contributed by atoms with E-state index in [1.165, 1.54) is 13.3 Å². The standard InChI is InChI=1S/C15H19N3O5/c1-22-15(21)10-3-4-11(7-10)23-13-5-2-9(8-17-13)6-12(19)14(20)18-16/h2,5,8,10-11H,3-4,6-7,16H2,1H3,(H,18,20)/t10-,11-/m1/s1. The highest BCUT2D eigenvalue weighted by molar-refractivity contribution is 6.36. The minimum absolute atomic E-state index is 0.0792. The number of nitrogens with two attached hydrogens (primary N) is 1. The minimum Gasteiger partial charge on any atom is -0.474 e. The van der Waals surface area contributed by atoms with Gasteiger partial charge in [-0.3, -0.25) is 19.8 Å². The van der Waals surface area contributed by atoms with E-state index in [1.54, 1.807) is 17.6 Å². The summed E-state index contributed by atoms with van der Waals surface area (Å²) in [4.78, 5) is 38.1. The third kappa shape index (κ3) is 4.49. The fraction of sp³-hybridized carbons (Fsp3) is 0.467. The van der Waals surface area contributed by atoms with Crippen LogP contribution in [0.15, 0.2) is 18.3 Å². The number of nitrogens with one attached hydrogen (secondary N) is 1. The van der Waals surface area contributed by atoms with E-state index in [4.69, 9.17) is 15.3 Å². The SMILES string of the molecule is COC(=O)[C@@H]1CC[C@@H](Oc2ccc(CC(=O)C(=O)NN)cn2)C1. The average molecular weight is 321 g/mol. The Morgan fingerprint density at radius 2 is 2.13 bits per heavy atom. The molecule has 8 nitrogen and oxygen atoms in total. The summed E-state index contributed by atoms with van der Waals surface area (Å²) in [6, 6.07) is 3.30. The molecule has 0 aromatic carbocycles. The first kappa shape index (κ1) is 16.9. The van der Waals surface area contributed by atoms with Gasteiger partial charge in [-0.25, -0.2) is 10.8 Å². The van der Waals surface area contributed by atoms with E-state index in [0.29, 0.717) is 17.9 Å². The maximum Gasteiger partial charge on any atom is 0.308 e. The first-order chi connectivity index (χ1) is 11.0. The van der Waals surface area contributed by atoms with Crippen LogP contribution in [0.25, 0.3) is 0 Å². The number of carbonyl (C=O) groups is 3. The Labute approximate surface area is 133 Å². The molecule has 3 N–H and O–H groups in total. The second-order valence-electron chi connectivity index (χ2n) is 5.35. The van der Waals surface area contributed by atoms with Crippen LogP contribution in [0.5, 0.6) is 5.88 Å². The van der Waals surface area contributed by atoms with Crippen molar-refractivity contribution in [2.45, 2.75) is 31.8 Å². The van der Waals surface area contributed by atoms with Gasteiger partial charge in [0.25, 0.3) is 0 Å². The Hall–Kier alpha value is -2.48. The zero-order chi connectivity index (χ0) is 16.8. The van der Waals surface area contributed by atoms with Gasteiger partial charge in [0, 0.05) is 18.7 Å². The number of esters is 1. The van der Waals surface area contributed by atoms with Crippen molar-refractivity contribution in [1.82, 2.24) is 10.4 Å². The van der Waals surface area contributed by atoms with Crippen LogP contribution in [0, 0.1) is 5.92 Å². The maximum atomic E-state index is 11.5. The predicted molar refractivity (Wildman–Crippen MR) is 79.1 cm³/mol. The number of hydrogen-bond donors (Lipinski definition) is 2. The number of hydrogen-bond acceptors (Lipinski definition) is 7. The Morgan fingerprint density at radius 3 is 2.74 bits per heavy atom. The van der Waals surface area contributed by atoms with Gasteiger partial charge in [-0.1, -0.05) is 6.07 Å². The molecule has 2 atom stereocenters. The van der Waals surface area contributed by atoms with Crippen LogP contribution in [-0.2, 0) is 25.5 Å². The van der Waals surface area contributed by atoms with E-state index in [9.17, 15) is 14.4 Å². The van der Waals surface area contributed by atoms with Gasteiger partial charge in [0.2, 0.25) is 11.7 Å². The largest absolute Gasteiger partial charge is 0.474 e. The molecule has 0 aliphatic heterocycles. The number of amides is 1. The molecule has 0 saturated heterocycles. The van der Waals surface area contributed by atoms with Gasteiger partial charge in [-0.05, 0) is 24.8 Å². The highest BCUT2D eigenvalue weighted by Crippen LogP contribution is 2.29. The number of carbonyl (C=O) groups excluding carboxylic acids is 3. The topological polar surface area (TPSA) is 121 Å². The normalized spacial score (nSPS) is 19.9. The Balaban J connectivity index is 1.87. The van der Waals surface area contributed by atoms with Crippen LogP contribution in [0.2, 0.25) is 0 Å². The molecule has 2 rings (SSSR count).